The SMILES string of the molecule is CC(C)(C)C(=O)CSC(=S)OCCc1ccccn1. The topological polar surface area (TPSA) is 39.2 Å². The fourth-order valence-electron chi connectivity index (χ4n) is 1.17. The molecule has 1 aromatic heterocycles. The molecule has 0 fully saturated rings. The molecule has 0 aliphatic heterocycles. The molecule has 0 amide bonds. The molecule has 0 aromatic carbocycles. The Bertz CT molecular complexity index is 427. The minimum atomic E-state index is -0.323. The van der Waals surface area contributed by atoms with Gasteiger partial charge in [-0.15, -0.1) is 0 Å². The van der Waals surface area contributed by atoms with Crippen LogP contribution in [0.5, 0.6) is 0 Å². The average molecular weight is 297 g/mol. The molecule has 0 aliphatic rings. The van der Waals surface area contributed by atoms with E-state index in [0.29, 0.717) is 16.7 Å². The van der Waals surface area contributed by atoms with Crippen LogP contribution in [0.4, 0.5) is 0 Å². The third-order valence-corrected chi connectivity index (χ3v) is 3.69. The van der Waals surface area contributed by atoms with E-state index in [9.17, 15) is 4.79 Å². The summed E-state index contributed by atoms with van der Waals surface area (Å²) in [6.07, 6.45) is 2.47. The van der Waals surface area contributed by atoms with Gasteiger partial charge < -0.3 is 4.74 Å². The zero-order chi connectivity index (χ0) is 14.3. The number of ether oxygens (including phenoxy) is 1. The molecular formula is C14H19NO2S2. The van der Waals surface area contributed by atoms with E-state index < -0.39 is 0 Å². The highest BCUT2D eigenvalue weighted by Gasteiger charge is 2.21. The van der Waals surface area contributed by atoms with Gasteiger partial charge in [-0.1, -0.05) is 38.6 Å². The van der Waals surface area contributed by atoms with Crippen LogP contribution < -0.4 is 0 Å². The van der Waals surface area contributed by atoms with Crippen molar-refractivity contribution >= 4 is 34.1 Å². The van der Waals surface area contributed by atoms with Crippen molar-refractivity contribution in [1.29, 1.82) is 0 Å². The second-order valence-electron chi connectivity index (χ2n) is 5.13. The monoisotopic (exact) mass is 297 g/mol. The lowest BCUT2D eigenvalue weighted by Crippen LogP contribution is -2.22. The number of thiocarbonyl (C=S) groups is 1. The molecule has 1 aromatic rings. The third kappa shape index (κ3) is 6.68. The predicted octanol–water partition coefficient (Wildman–Crippen LogP) is 3.27. The lowest BCUT2D eigenvalue weighted by atomic mass is 9.92. The first-order valence-electron chi connectivity index (χ1n) is 6.12. The van der Waals surface area contributed by atoms with E-state index in [-0.39, 0.29) is 11.2 Å². The lowest BCUT2D eigenvalue weighted by molar-refractivity contribution is -0.123. The number of ketones is 1. The highest BCUT2D eigenvalue weighted by Crippen LogP contribution is 2.18. The second kappa shape index (κ2) is 7.60. The second-order valence-corrected chi connectivity index (χ2v) is 6.71. The Labute approximate surface area is 124 Å². The Hall–Kier alpha value is -0.940. The highest BCUT2D eigenvalue weighted by molar-refractivity contribution is 8.23. The number of pyridine rings is 1. The summed E-state index contributed by atoms with van der Waals surface area (Å²) >= 11 is 6.36. The summed E-state index contributed by atoms with van der Waals surface area (Å²) in [4.78, 5) is 15.9. The number of thioether (sulfide) groups is 1. The van der Waals surface area contributed by atoms with Gasteiger partial charge in [-0.2, -0.15) is 0 Å². The maximum atomic E-state index is 11.7. The number of nitrogens with zero attached hydrogens (tertiary/aromatic N) is 1. The van der Waals surface area contributed by atoms with E-state index in [1.165, 1.54) is 11.8 Å². The molecule has 0 aliphatic carbocycles. The lowest BCUT2D eigenvalue weighted by Gasteiger charge is -2.16. The number of rotatable bonds is 5. The molecule has 0 saturated heterocycles. The fraction of sp³-hybridized carbons (Fsp3) is 0.500. The molecule has 0 bridgehead atoms. The molecule has 0 unspecified atom stereocenters. The Morgan fingerprint density at radius 3 is 2.74 bits per heavy atom. The molecule has 3 nitrogen and oxygen atoms in total. The Balaban J connectivity index is 2.20. The smallest absolute Gasteiger partial charge is 0.220 e. The maximum Gasteiger partial charge on any atom is 0.220 e. The van der Waals surface area contributed by atoms with Gasteiger partial charge in [0, 0.05) is 23.7 Å². The molecule has 1 rings (SSSR count). The highest BCUT2D eigenvalue weighted by atomic mass is 32.2. The Kier molecular flexibility index (Phi) is 6.45. The van der Waals surface area contributed by atoms with Gasteiger partial charge in [0.2, 0.25) is 4.38 Å². The van der Waals surface area contributed by atoms with E-state index in [1.807, 2.05) is 39.0 Å². The van der Waals surface area contributed by atoms with Crippen LogP contribution in [0.15, 0.2) is 24.4 Å². The van der Waals surface area contributed by atoms with E-state index in [2.05, 4.69) is 4.98 Å². The molecule has 0 saturated carbocycles. The van der Waals surface area contributed by atoms with Crippen LogP contribution in [-0.2, 0) is 16.0 Å². The van der Waals surface area contributed by atoms with Crippen LogP contribution in [0.2, 0.25) is 0 Å². The molecular weight excluding hydrogens is 278 g/mol. The molecule has 0 spiro atoms. The van der Waals surface area contributed by atoms with Gasteiger partial charge in [0.25, 0.3) is 0 Å². The molecule has 19 heavy (non-hydrogen) atoms. The van der Waals surface area contributed by atoms with Crippen molar-refractivity contribution in [2.45, 2.75) is 27.2 Å². The van der Waals surface area contributed by atoms with E-state index in [4.69, 9.17) is 17.0 Å². The average Bonchev–Trinajstić information content (AvgIpc) is 2.36. The van der Waals surface area contributed by atoms with Gasteiger partial charge in [-0.3, -0.25) is 9.78 Å². The van der Waals surface area contributed by atoms with Crippen LogP contribution in [0.25, 0.3) is 0 Å². The Morgan fingerprint density at radius 1 is 1.42 bits per heavy atom. The third-order valence-electron chi connectivity index (χ3n) is 2.46. The summed E-state index contributed by atoms with van der Waals surface area (Å²) in [7, 11) is 0. The molecule has 104 valence electrons. The van der Waals surface area contributed by atoms with E-state index in [1.54, 1.807) is 6.20 Å². The van der Waals surface area contributed by atoms with Crippen LogP contribution in [-0.4, -0.2) is 27.5 Å². The number of Topliss-reactive ketones (excluding diaryl/α,β-unsaturated/α-hetero) is 1. The molecule has 5 heteroatoms. The van der Waals surface area contributed by atoms with Gasteiger partial charge >= 0.3 is 0 Å². The van der Waals surface area contributed by atoms with Crippen molar-refractivity contribution < 1.29 is 9.53 Å². The molecule has 0 radical (unpaired) electrons. The first kappa shape index (κ1) is 16.1. The predicted molar refractivity (Wildman–Crippen MR) is 83.4 cm³/mol. The zero-order valence-electron chi connectivity index (χ0n) is 11.5. The summed E-state index contributed by atoms with van der Waals surface area (Å²) in [6.45, 7) is 6.20. The zero-order valence-corrected chi connectivity index (χ0v) is 13.1. The fourth-order valence-corrected chi connectivity index (χ4v) is 2.28. The van der Waals surface area contributed by atoms with Crippen molar-refractivity contribution in [3.8, 4) is 0 Å². The minimum Gasteiger partial charge on any atom is -0.478 e. The van der Waals surface area contributed by atoms with Crippen molar-refractivity contribution in [3.05, 3.63) is 30.1 Å². The van der Waals surface area contributed by atoms with Crippen molar-refractivity contribution in [2.24, 2.45) is 5.41 Å². The quantitative estimate of drug-likeness (QED) is 0.780. The van der Waals surface area contributed by atoms with Crippen LogP contribution in [0.1, 0.15) is 26.5 Å². The van der Waals surface area contributed by atoms with Gasteiger partial charge in [0.1, 0.15) is 5.78 Å². The van der Waals surface area contributed by atoms with Crippen molar-refractivity contribution in [3.63, 3.8) is 0 Å². The number of hydrogen-bond acceptors (Lipinski definition) is 5. The molecule has 0 atom stereocenters. The normalized spacial score (nSPS) is 11.1. The van der Waals surface area contributed by atoms with E-state index >= 15 is 0 Å². The number of hydrogen-bond donors (Lipinski definition) is 0. The number of carbonyl (C=O) groups excluding carboxylic acids is 1. The van der Waals surface area contributed by atoms with Crippen molar-refractivity contribution in [2.75, 3.05) is 12.4 Å². The first-order valence-corrected chi connectivity index (χ1v) is 7.52. The molecule has 1 heterocycles. The van der Waals surface area contributed by atoms with Crippen LogP contribution in [0.3, 0.4) is 0 Å². The summed E-state index contributed by atoms with van der Waals surface area (Å²) in [5.74, 6) is 0.541. The number of aromatic nitrogens is 1. The summed E-state index contributed by atoms with van der Waals surface area (Å²) in [5, 5.41) is 0. The van der Waals surface area contributed by atoms with Gasteiger partial charge in [-0.25, -0.2) is 0 Å². The van der Waals surface area contributed by atoms with Gasteiger partial charge in [0.15, 0.2) is 0 Å². The largest absolute Gasteiger partial charge is 0.478 e. The van der Waals surface area contributed by atoms with Crippen LogP contribution >= 0.6 is 24.0 Å². The van der Waals surface area contributed by atoms with Gasteiger partial charge in [-0.05, 0) is 24.4 Å². The molecule has 0 N–H and O–H groups in total. The van der Waals surface area contributed by atoms with Crippen LogP contribution in [0, 0.1) is 5.41 Å². The van der Waals surface area contributed by atoms with Crippen molar-refractivity contribution in [1.82, 2.24) is 4.98 Å². The summed E-state index contributed by atoms with van der Waals surface area (Å²) < 4.78 is 5.84. The van der Waals surface area contributed by atoms with Gasteiger partial charge in [0.05, 0.1) is 12.4 Å². The maximum absolute atomic E-state index is 11.7. The first-order chi connectivity index (χ1) is 8.89. The Morgan fingerprint density at radius 2 is 2.16 bits per heavy atom. The number of carbonyl (C=O) groups is 1. The summed E-state index contributed by atoms with van der Waals surface area (Å²) in [6, 6.07) is 5.77. The minimum absolute atomic E-state index is 0.174. The standard InChI is InChI=1S/C14H19NO2S2/c1-14(2,3)12(16)10-19-13(18)17-9-7-11-6-4-5-8-15-11/h4-6,8H,7,9-10H2,1-3H3. The van der Waals surface area contributed by atoms with E-state index in [0.717, 1.165) is 12.1 Å². The summed E-state index contributed by atoms with van der Waals surface area (Å²) in [5.41, 5.74) is 0.650.